The Kier molecular flexibility index (Phi) is 6.99. The molecule has 2 N–H and O–H groups in total. The van der Waals surface area contributed by atoms with Crippen LogP contribution in [0.1, 0.15) is 31.0 Å². The van der Waals surface area contributed by atoms with Crippen LogP contribution in [0.2, 0.25) is 0 Å². The van der Waals surface area contributed by atoms with E-state index in [1.807, 2.05) is 37.3 Å². The van der Waals surface area contributed by atoms with Gasteiger partial charge in [0.2, 0.25) is 0 Å². The third kappa shape index (κ3) is 4.43. The summed E-state index contributed by atoms with van der Waals surface area (Å²) >= 11 is 3.54. The normalized spacial score (nSPS) is 15.9. The number of hydrogen-bond donors (Lipinski definition) is 2. The highest BCUT2D eigenvalue weighted by molar-refractivity contribution is 9.10. The average molecular weight is 475 g/mol. The first kappa shape index (κ1) is 21.7. The smallest absolute Gasteiger partial charge is 0.338 e. The number of carbonyl (C=O) groups excluding carboxylic acids is 2. The minimum Gasteiger partial charge on any atom is -0.493 e. The van der Waals surface area contributed by atoms with Crippen LogP contribution in [-0.4, -0.2) is 32.3 Å². The number of carbonyl (C=O) groups is 2. The summed E-state index contributed by atoms with van der Waals surface area (Å²) in [6.45, 7) is 4.25. The number of rotatable bonds is 7. The van der Waals surface area contributed by atoms with Crippen LogP contribution < -0.4 is 20.1 Å². The summed E-state index contributed by atoms with van der Waals surface area (Å²) < 4.78 is 17.1. The van der Waals surface area contributed by atoms with Gasteiger partial charge in [-0.1, -0.05) is 46.3 Å². The van der Waals surface area contributed by atoms with Gasteiger partial charge in [-0.2, -0.15) is 0 Å². The maximum atomic E-state index is 13.0. The molecule has 1 heterocycles. The predicted octanol–water partition coefficient (Wildman–Crippen LogP) is 4.18. The topological polar surface area (TPSA) is 85.9 Å². The number of nitrogens with one attached hydrogen (secondary N) is 2. The molecule has 0 aliphatic carbocycles. The van der Waals surface area contributed by atoms with E-state index in [-0.39, 0.29) is 6.61 Å². The second-order valence-electron chi connectivity index (χ2n) is 6.36. The molecule has 0 bridgehead atoms. The van der Waals surface area contributed by atoms with Crippen LogP contribution in [0, 0.1) is 0 Å². The second-order valence-corrected chi connectivity index (χ2v) is 7.22. The lowest BCUT2D eigenvalue weighted by atomic mass is 9.92. The number of ether oxygens (including phenoxy) is 3. The molecule has 2 aromatic carbocycles. The lowest BCUT2D eigenvalue weighted by Crippen LogP contribution is -2.45. The molecule has 2 amide bonds. The molecule has 0 radical (unpaired) electrons. The Bertz CT molecular complexity index is 975. The Morgan fingerprint density at radius 2 is 1.83 bits per heavy atom. The van der Waals surface area contributed by atoms with Gasteiger partial charge in [-0.3, -0.25) is 0 Å². The molecular formula is C22H23BrN2O5. The first-order valence-electron chi connectivity index (χ1n) is 9.54. The van der Waals surface area contributed by atoms with E-state index in [0.717, 1.165) is 0 Å². The second kappa shape index (κ2) is 9.67. The van der Waals surface area contributed by atoms with E-state index in [1.54, 1.807) is 26.2 Å². The summed E-state index contributed by atoms with van der Waals surface area (Å²) in [5.74, 6) is 0.530. The van der Waals surface area contributed by atoms with Gasteiger partial charge in [0.05, 0.1) is 37.6 Å². The van der Waals surface area contributed by atoms with Gasteiger partial charge in [-0.05, 0) is 37.1 Å². The molecule has 0 saturated carbocycles. The zero-order valence-electron chi connectivity index (χ0n) is 17.0. The number of amides is 2. The number of esters is 1. The number of methoxy groups -OCH3 is 1. The Morgan fingerprint density at radius 3 is 2.47 bits per heavy atom. The molecule has 7 nitrogen and oxygen atoms in total. The highest BCUT2D eigenvalue weighted by Crippen LogP contribution is 2.40. The maximum Gasteiger partial charge on any atom is 0.338 e. The Morgan fingerprint density at radius 1 is 1.10 bits per heavy atom. The van der Waals surface area contributed by atoms with E-state index in [0.29, 0.717) is 45.0 Å². The monoisotopic (exact) mass is 474 g/mol. The minimum atomic E-state index is -0.757. The molecule has 0 saturated heterocycles. The van der Waals surface area contributed by atoms with Crippen molar-refractivity contribution in [2.24, 2.45) is 0 Å². The van der Waals surface area contributed by atoms with Gasteiger partial charge in [0.1, 0.15) is 0 Å². The van der Waals surface area contributed by atoms with Crippen LogP contribution in [0.5, 0.6) is 11.5 Å². The Labute approximate surface area is 183 Å². The van der Waals surface area contributed by atoms with Crippen molar-refractivity contribution in [1.82, 2.24) is 10.6 Å². The third-order valence-corrected chi connectivity index (χ3v) is 5.21. The fourth-order valence-corrected chi connectivity index (χ4v) is 3.81. The molecule has 158 valence electrons. The molecule has 1 aliphatic rings. The average Bonchev–Trinajstić information content (AvgIpc) is 2.75. The van der Waals surface area contributed by atoms with Gasteiger partial charge in [0.15, 0.2) is 11.5 Å². The van der Waals surface area contributed by atoms with Crippen molar-refractivity contribution < 1.29 is 23.8 Å². The molecule has 1 aliphatic heterocycles. The van der Waals surface area contributed by atoms with Crippen LogP contribution in [0.4, 0.5) is 4.79 Å². The van der Waals surface area contributed by atoms with Gasteiger partial charge < -0.3 is 24.8 Å². The van der Waals surface area contributed by atoms with Crippen LogP contribution in [0.15, 0.2) is 52.5 Å². The molecular weight excluding hydrogens is 452 g/mol. The van der Waals surface area contributed by atoms with E-state index >= 15 is 0 Å². The predicted molar refractivity (Wildman–Crippen MR) is 116 cm³/mol. The molecule has 1 unspecified atom stereocenters. The number of hydrogen-bond acceptors (Lipinski definition) is 5. The van der Waals surface area contributed by atoms with Gasteiger partial charge in [0, 0.05) is 4.47 Å². The summed E-state index contributed by atoms with van der Waals surface area (Å²) in [7, 11) is 1.55. The highest BCUT2D eigenvalue weighted by Gasteiger charge is 2.36. The van der Waals surface area contributed by atoms with Crippen LogP contribution in [-0.2, 0) is 9.53 Å². The summed E-state index contributed by atoms with van der Waals surface area (Å²) in [5, 5.41) is 5.60. The summed E-state index contributed by atoms with van der Waals surface area (Å²) in [6.07, 6.45) is 0. The lowest BCUT2D eigenvalue weighted by molar-refractivity contribution is -0.138. The minimum absolute atomic E-state index is 0.207. The fraction of sp³-hybridized carbons (Fsp3) is 0.273. The molecule has 3 rings (SSSR count). The van der Waals surface area contributed by atoms with Crippen LogP contribution in [0.3, 0.4) is 0 Å². The summed E-state index contributed by atoms with van der Waals surface area (Å²) in [5.41, 5.74) is 2.06. The van der Waals surface area contributed by atoms with E-state index in [4.69, 9.17) is 14.2 Å². The number of benzene rings is 2. The van der Waals surface area contributed by atoms with E-state index in [1.165, 1.54) is 0 Å². The van der Waals surface area contributed by atoms with Gasteiger partial charge in [0.25, 0.3) is 0 Å². The van der Waals surface area contributed by atoms with Crippen LogP contribution in [0.25, 0.3) is 5.70 Å². The van der Waals surface area contributed by atoms with Crippen molar-refractivity contribution in [3.63, 3.8) is 0 Å². The van der Waals surface area contributed by atoms with Crippen molar-refractivity contribution in [2.75, 3.05) is 20.3 Å². The zero-order valence-corrected chi connectivity index (χ0v) is 18.5. The fourth-order valence-electron chi connectivity index (χ4n) is 3.26. The molecule has 30 heavy (non-hydrogen) atoms. The molecule has 0 spiro atoms. The van der Waals surface area contributed by atoms with Gasteiger partial charge >= 0.3 is 12.0 Å². The quantitative estimate of drug-likeness (QED) is 0.587. The zero-order chi connectivity index (χ0) is 21.7. The number of halogens is 1. The van der Waals surface area contributed by atoms with Crippen LogP contribution >= 0.6 is 15.9 Å². The molecule has 0 aromatic heterocycles. The summed E-state index contributed by atoms with van der Waals surface area (Å²) in [6, 6.07) is 11.5. The molecule has 8 heteroatoms. The third-order valence-electron chi connectivity index (χ3n) is 4.52. The number of urea groups is 1. The van der Waals surface area contributed by atoms with Crippen molar-refractivity contribution in [3.8, 4) is 11.5 Å². The first-order chi connectivity index (χ1) is 14.5. The highest BCUT2D eigenvalue weighted by atomic mass is 79.9. The van der Waals surface area contributed by atoms with E-state index in [9.17, 15) is 9.59 Å². The van der Waals surface area contributed by atoms with Crippen molar-refractivity contribution in [3.05, 3.63) is 63.6 Å². The molecule has 2 aromatic rings. The first-order valence-corrected chi connectivity index (χ1v) is 10.3. The SMILES string of the molecule is CCOC(=O)C1=C(c2ccccc2)NC(=O)NC1c1cc(OCC)c(OC)cc1Br. The standard InChI is InChI=1S/C22H23BrN2O5/c1-4-29-17-11-14(15(23)12-16(17)28-3)20-18(21(26)30-5-2)19(24-22(27)25-20)13-9-7-6-8-10-13/h6-12,20H,4-5H2,1-3H3,(H2,24,25,27). The van der Waals surface area contributed by atoms with Crippen molar-refractivity contribution in [2.45, 2.75) is 19.9 Å². The maximum absolute atomic E-state index is 13.0. The molecule has 0 fully saturated rings. The van der Waals surface area contributed by atoms with Crippen molar-refractivity contribution in [1.29, 1.82) is 0 Å². The Hall–Kier alpha value is -3.00. The van der Waals surface area contributed by atoms with Gasteiger partial charge in [-0.25, -0.2) is 9.59 Å². The largest absolute Gasteiger partial charge is 0.493 e. The van der Waals surface area contributed by atoms with E-state index in [2.05, 4.69) is 26.6 Å². The molecule has 1 atom stereocenters. The van der Waals surface area contributed by atoms with Gasteiger partial charge in [-0.15, -0.1) is 0 Å². The Balaban J connectivity index is 2.22. The van der Waals surface area contributed by atoms with Crippen molar-refractivity contribution >= 4 is 33.6 Å². The lowest BCUT2D eigenvalue weighted by Gasteiger charge is -2.30. The summed E-state index contributed by atoms with van der Waals surface area (Å²) in [4.78, 5) is 25.5. The van der Waals surface area contributed by atoms with E-state index < -0.39 is 18.0 Å².